The molecule has 0 radical (unpaired) electrons. The first-order chi connectivity index (χ1) is 7.74. The second-order valence-corrected chi connectivity index (χ2v) is 5.55. The van der Waals surface area contributed by atoms with Crippen LogP contribution >= 0.6 is 0 Å². The Labute approximate surface area is 99.2 Å². The maximum atomic E-state index is 10.5. The van der Waals surface area contributed by atoms with Crippen molar-refractivity contribution in [2.75, 3.05) is 33.2 Å². The zero-order valence-electron chi connectivity index (χ0n) is 10.5. The van der Waals surface area contributed by atoms with Crippen LogP contribution in [0.15, 0.2) is 0 Å². The minimum Gasteiger partial charge on any atom is -0.390 e. The molecular weight excluding hydrogens is 200 g/mol. The van der Waals surface area contributed by atoms with Crippen LogP contribution < -0.4 is 5.32 Å². The van der Waals surface area contributed by atoms with Gasteiger partial charge in [0.05, 0.1) is 5.60 Å². The molecular formula is C13H26N2O. The molecule has 94 valence electrons. The van der Waals surface area contributed by atoms with Crippen LogP contribution in [-0.4, -0.2) is 48.8 Å². The molecule has 2 aliphatic rings. The van der Waals surface area contributed by atoms with Crippen LogP contribution in [0.25, 0.3) is 0 Å². The van der Waals surface area contributed by atoms with Gasteiger partial charge in [0.1, 0.15) is 0 Å². The van der Waals surface area contributed by atoms with Gasteiger partial charge in [-0.2, -0.15) is 0 Å². The van der Waals surface area contributed by atoms with Gasteiger partial charge in [-0.15, -0.1) is 0 Å². The van der Waals surface area contributed by atoms with Crippen LogP contribution in [0.3, 0.4) is 0 Å². The van der Waals surface area contributed by atoms with E-state index in [2.05, 4.69) is 10.2 Å². The van der Waals surface area contributed by atoms with E-state index >= 15 is 0 Å². The van der Waals surface area contributed by atoms with Crippen molar-refractivity contribution in [1.82, 2.24) is 10.2 Å². The van der Waals surface area contributed by atoms with Crippen molar-refractivity contribution >= 4 is 0 Å². The highest BCUT2D eigenvalue weighted by molar-refractivity contribution is 4.95. The smallest absolute Gasteiger partial charge is 0.0700 e. The largest absolute Gasteiger partial charge is 0.390 e. The van der Waals surface area contributed by atoms with Gasteiger partial charge >= 0.3 is 0 Å². The molecule has 3 nitrogen and oxygen atoms in total. The van der Waals surface area contributed by atoms with Crippen LogP contribution in [0.5, 0.6) is 0 Å². The topological polar surface area (TPSA) is 35.5 Å². The number of nitrogens with one attached hydrogen (secondary N) is 1. The fraction of sp³-hybridized carbons (Fsp3) is 1.00. The van der Waals surface area contributed by atoms with Crippen molar-refractivity contribution < 1.29 is 5.11 Å². The van der Waals surface area contributed by atoms with E-state index in [1.807, 2.05) is 7.05 Å². The fourth-order valence-electron chi connectivity index (χ4n) is 3.32. The number of aliphatic hydroxyl groups is 1. The van der Waals surface area contributed by atoms with E-state index in [1.54, 1.807) is 0 Å². The maximum absolute atomic E-state index is 10.5. The maximum Gasteiger partial charge on any atom is 0.0700 e. The molecule has 3 heteroatoms. The third kappa shape index (κ3) is 2.76. The van der Waals surface area contributed by atoms with Crippen LogP contribution in [0.2, 0.25) is 0 Å². The predicted octanol–water partition coefficient (Wildman–Crippen LogP) is 1.22. The molecule has 1 aliphatic carbocycles. The first kappa shape index (κ1) is 12.3. The predicted molar refractivity (Wildman–Crippen MR) is 66.5 cm³/mol. The number of fused-ring (bicyclic) bond motifs is 1. The molecule has 2 atom stereocenters. The molecule has 0 amide bonds. The van der Waals surface area contributed by atoms with E-state index < -0.39 is 0 Å². The van der Waals surface area contributed by atoms with Crippen LogP contribution in [0, 0.1) is 5.92 Å². The van der Waals surface area contributed by atoms with E-state index in [4.69, 9.17) is 0 Å². The quantitative estimate of drug-likeness (QED) is 0.708. The Hall–Kier alpha value is -0.120. The summed E-state index contributed by atoms with van der Waals surface area (Å²) in [4.78, 5) is 2.54. The van der Waals surface area contributed by atoms with Crippen molar-refractivity contribution in [3.8, 4) is 0 Å². The van der Waals surface area contributed by atoms with Crippen LogP contribution in [0.4, 0.5) is 0 Å². The Morgan fingerprint density at radius 3 is 3.06 bits per heavy atom. The average Bonchev–Trinajstić information content (AvgIpc) is 2.29. The lowest BCUT2D eigenvalue weighted by Crippen LogP contribution is -2.53. The number of nitrogens with zero attached hydrogens (tertiary/aromatic N) is 1. The van der Waals surface area contributed by atoms with E-state index in [9.17, 15) is 5.11 Å². The summed E-state index contributed by atoms with van der Waals surface area (Å²) in [6.07, 6.45) is 7.05. The molecule has 1 saturated carbocycles. The van der Waals surface area contributed by atoms with Gasteiger partial charge in [0.2, 0.25) is 0 Å². The molecule has 2 unspecified atom stereocenters. The summed E-state index contributed by atoms with van der Waals surface area (Å²) in [5.41, 5.74) is -0.308. The average molecular weight is 226 g/mol. The monoisotopic (exact) mass is 226 g/mol. The van der Waals surface area contributed by atoms with Gasteiger partial charge in [0.15, 0.2) is 0 Å². The van der Waals surface area contributed by atoms with Crippen molar-refractivity contribution in [3.05, 3.63) is 0 Å². The Morgan fingerprint density at radius 2 is 2.25 bits per heavy atom. The lowest BCUT2D eigenvalue weighted by molar-refractivity contribution is -0.0952. The fourth-order valence-corrected chi connectivity index (χ4v) is 3.32. The van der Waals surface area contributed by atoms with E-state index in [1.165, 1.54) is 32.2 Å². The summed E-state index contributed by atoms with van der Waals surface area (Å²) in [5, 5.41) is 13.7. The molecule has 2 fully saturated rings. The first-order valence-corrected chi connectivity index (χ1v) is 6.84. The molecule has 1 saturated heterocycles. The molecule has 0 aromatic heterocycles. The van der Waals surface area contributed by atoms with Crippen LogP contribution in [-0.2, 0) is 0 Å². The molecule has 2 rings (SSSR count). The zero-order chi connectivity index (χ0) is 11.4. The summed E-state index contributed by atoms with van der Waals surface area (Å²) >= 11 is 0. The van der Waals surface area contributed by atoms with E-state index in [0.29, 0.717) is 5.92 Å². The first-order valence-electron chi connectivity index (χ1n) is 6.84. The number of hydrogen-bond donors (Lipinski definition) is 2. The summed E-state index contributed by atoms with van der Waals surface area (Å²) in [7, 11) is 2.01. The molecule has 0 aromatic carbocycles. The minimum absolute atomic E-state index is 0.308. The molecule has 1 aliphatic heterocycles. The van der Waals surface area contributed by atoms with Crippen molar-refractivity contribution in [2.24, 2.45) is 5.92 Å². The second-order valence-electron chi connectivity index (χ2n) is 5.55. The molecule has 1 heterocycles. The lowest BCUT2D eigenvalue weighted by Gasteiger charge is -2.47. The van der Waals surface area contributed by atoms with Crippen molar-refractivity contribution in [3.63, 3.8) is 0 Å². The number of hydrogen-bond acceptors (Lipinski definition) is 3. The standard InChI is InChI=1S/C13H26N2O/c1-14-8-4-9-15-10-7-13(16)6-3-2-5-12(13)11-15/h12,14,16H,2-11H2,1H3. The van der Waals surface area contributed by atoms with Gasteiger partial charge < -0.3 is 15.3 Å². The highest BCUT2D eigenvalue weighted by atomic mass is 16.3. The summed E-state index contributed by atoms with van der Waals surface area (Å²) in [6.45, 7) is 4.51. The SMILES string of the molecule is CNCCCN1CCC2(O)CCCCC2C1. The second kappa shape index (κ2) is 5.48. The highest BCUT2D eigenvalue weighted by Gasteiger charge is 2.42. The Kier molecular flexibility index (Phi) is 4.22. The summed E-state index contributed by atoms with van der Waals surface area (Å²) in [5.74, 6) is 0.546. The highest BCUT2D eigenvalue weighted by Crippen LogP contribution is 2.39. The van der Waals surface area contributed by atoms with Gasteiger partial charge in [-0.25, -0.2) is 0 Å². The summed E-state index contributed by atoms with van der Waals surface area (Å²) in [6, 6.07) is 0. The Bertz CT molecular complexity index is 222. The Morgan fingerprint density at radius 1 is 1.38 bits per heavy atom. The normalized spacial score (nSPS) is 36.0. The lowest BCUT2D eigenvalue weighted by atomic mass is 9.71. The van der Waals surface area contributed by atoms with E-state index in [-0.39, 0.29) is 5.60 Å². The number of piperidine rings is 1. The van der Waals surface area contributed by atoms with Crippen molar-refractivity contribution in [2.45, 2.75) is 44.1 Å². The zero-order valence-corrected chi connectivity index (χ0v) is 10.5. The van der Waals surface area contributed by atoms with Gasteiger partial charge in [0, 0.05) is 19.0 Å². The van der Waals surface area contributed by atoms with Crippen molar-refractivity contribution in [1.29, 1.82) is 0 Å². The third-order valence-electron chi connectivity index (χ3n) is 4.41. The van der Waals surface area contributed by atoms with Gasteiger partial charge in [-0.1, -0.05) is 12.8 Å². The molecule has 2 N–H and O–H groups in total. The van der Waals surface area contributed by atoms with Gasteiger partial charge in [0.25, 0.3) is 0 Å². The molecule has 16 heavy (non-hydrogen) atoms. The third-order valence-corrected chi connectivity index (χ3v) is 4.41. The molecule has 0 spiro atoms. The number of likely N-dealkylation sites (tertiary alicyclic amines) is 1. The van der Waals surface area contributed by atoms with E-state index in [0.717, 1.165) is 32.5 Å². The van der Waals surface area contributed by atoms with Crippen LogP contribution in [0.1, 0.15) is 38.5 Å². The summed E-state index contributed by atoms with van der Waals surface area (Å²) < 4.78 is 0. The molecule has 0 bridgehead atoms. The number of rotatable bonds is 4. The minimum atomic E-state index is -0.308. The Balaban J connectivity index is 1.80. The van der Waals surface area contributed by atoms with Gasteiger partial charge in [-0.3, -0.25) is 0 Å². The molecule has 0 aromatic rings. The van der Waals surface area contributed by atoms with Gasteiger partial charge in [-0.05, 0) is 45.8 Å².